The molecule has 0 saturated carbocycles. The first-order valence-electron chi connectivity index (χ1n) is 23.7. The molecule has 16 heteroatoms. The van der Waals surface area contributed by atoms with Crippen LogP contribution in [0.4, 0.5) is 23.5 Å². The lowest BCUT2D eigenvalue weighted by molar-refractivity contribution is -0.155. The van der Waals surface area contributed by atoms with Crippen LogP contribution in [0.15, 0.2) is 58.3 Å². The topological polar surface area (TPSA) is 207 Å². The minimum Gasteiger partial charge on any atom is -0.465 e. The van der Waals surface area contributed by atoms with E-state index in [0.717, 1.165) is 103 Å². The van der Waals surface area contributed by atoms with Crippen molar-refractivity contribution < 1.29 is 24.2 Å². The molecule has 66 heavy (non-hydrogen) atoms. The summed E-state index contributed by atoms with van der Waals surface area (Å²) in [6.45, 7) is 12.2. The number of aliphatic hydroxyl groups excluding tert-OH is 1. The maximum atomic E-state index is 14.7. The maximum Gasteiger partial charge on any atom is 0.314 e. The van der Waals surface area contributed by atoms with Gasteiger partial charge in [0.05, 0.1) is 35.6 Å². The van der Waals surface area contributed by atoms with Crippen molar-refractivity contribution in [3.05, 3.63) is 82.2 Å². The van der Waals surface area contributed by atoms with Crippen LogP contribution in [0.25, 0.3) is 0 Å². The van der Waals surface area contributed by atoms with E-state index < -0.39 is 23.8 Å². The predicted octanol–water partition coefficient (Wildman–Crippen LogP) is 7.60. The fourth-order valence-electron chi connectivity index (χ4n) is 8.29. The molecule has 0 aliphatic carbocycles. The van der Waals surface area contributed by atoms with Gasteiger partial charge in [-0.2, -0.15) is 9.97 Å². The molecule has 3 heterocycles. The number of esters is 2. The van der Waals surface area contributed by atoms with Crippen LogP contribution in [-0.2, 0) is 25.5 Å². The molecule has 15 nitrogen and oxygen atoms in total. The molecule has 2 aromatic heterocycles. The first kappa shape index (κ1) is 51.9. The summed E-state index contributed by atoms with van der Waals surface area (Å²) < 4.78 is 12.3. The first-order valence-corrected chi connectivity index (χ1v) is 24.5. The molecular formula is C50H74N10O5S. The van der Waals surface area contributed by atoms with Gasteiger partial charge in [-0.3, -0.25) is 9.59 Å². The van der Waals surface area contributed by atoms with E-state index in [1.54, 1.807) is 0 Å². The maximum absolute atomic E-state index is 14.7. The number of hydrogen-bond acceptors (Lipinski definition) is 16. The lowest BCUT2D eigenvalue weighted by Crippen LogP contribution is -2.34. The van der Waals surface area contributed by atoms with Gasteiger partial charge in [-0.1, -0.05) is 74.8 Å². The van der Waals surface area contributed by atoms with Gasteiger partial charge in [0.25, 0.3) is 0 Å². The number of nitrogen functional groups attached to an aromatic ring is 2. The van der Waals surface area contributed by atoms with Gasteiger partial charge < -0.3 is 46.5 Å². The minimum absolute atomic E-state index is 0.0224. The van der Waals surface area contributed by atoms with Crippen molar-refractivity contribution in [1.82, 2.24) is 29.7 Å². The number of aromatic nitrogens is 4. The number of rotatable bonds is 26. The molecule has 5 rings (SSSR count). The van der Waals surface area contributed by atoms with Gasteiger partial charge in [-0.25, -0.2) is 9.97 Å². The average Bonchev–Trinajstić information content (AvgIpc) is 3.28. The molecule has 3 atom stereocenters. The van der Waals surface area contributed by atoms with Gasteiger partial charge in [-0.15, -0.1) is 0 Å². The van der Waals surface area contributed by atoms with Crippen molar-refractivity contribution in [2.24, 2.45) is 5.92 Å². The van der Waals surface area contributed by atoms with E-state index >= 15 is 0 Å². The zero-order chi connectivity index (χ0) is 47.6. The monoisotopic (exact) mass is 927 g/mol. The number of nitrogens with zero attached hydrogens (tertiary/aromatic N) is 6. The Morgan fingerprint density at radius 2 is 1.45 bits per heavy atom. The second-order valence-corrected chi connectivity index (χ2v) is 18.9. The highest BCUT2D eigenvalue weighted by molar-refractivity contribution is 7.99. The summed E-state index contributed by atoms with van der Waals surface area (Å²) in [6, 6.07) is 15.6. The Morgan fingerprint density at radius 3 is 2.08 bits per heavy atom. The Morgan fingerprint density at radius 1 is 0.833 bits per heavy atom. The third-order valence-electron chi connectivity index (χ3n) is 12.1. The van der Waals surface area contributed by atoms with Crippen molar-refractivity contribution in [2.75, 3.05) is 89.2 Å². The van der Waals surface area contributed by atoms with Crippen molar-refractivity contribution >= 4 is 47.2 Å². The van der Waals surface area contributed by atoms with Gasteiger partial charge >= 0.3 is 11.9 Å². The second-order valence-electron chi connectivity index (χ2n) is 17.9. The van der Waals surface area contributed by atoms with Gasteiger partial charge in [0, 0.05) is 41.8 Å². The molecule has 7 N–H and O–H groups in total. The van der Waals surface area contributed by atoms with Crippen LogP contribution in [0.1, 0.15) is 117 Å². The molecule has 0 spiro atoms. The number of carbonyl (C=O) groups is 2. The second kappa shape index (κ2) is 26.3. The first-order chi connectivity index (χ1) is 31.8. The number of benzene rings is 2. The van der Waals surface area contributed by atoms with Crippen molar-refractivity contribution in [3.8, 4) is 0 Å². The summed E-state index contributed by atoms with van der Waals surface area (Å²) in [6.07, 6.45) is 8.31. The molecule has 2 aromatic carbocycles. The van der Waals surface area contributed by atoms with Crippen LogP contribution < -0.4 is 22.1 Å². The number of unbranched alkanes of at least 4 members (excludes halogenated alkanes) is 2. The molecule has 360 valence electrons. The number of aliphatic hydroxyl groups is 1. The van der Waals surface area contributed by atoms with Gasteiger partial charge in [0.2, 0.25) is 11.9 Å². The van der Waals surface area contributed by atoms with Gasteiger partial charge in [0.1, 0.15) is 11.6 Å². The molecule has 1 aliphatic heterocycles. The standard InChI is InChI=1S/C50H74N10O5S/c1-8-10-25-53-46-44(34(4)55-50(52)58-46)66-40-20-18-38(19-21-40)43(48(63)65-32-36-22-27-60(7)28-23-36)42(47(62)64-30-12-11-26-59(5)6)37-16-14-35(15-17-37)31-41-33(3)54-49(51)57-45(41)56-39(13-9-2)24-29-61/h14-21,36,39,42-43,61H,8-13,22-32H2,1-7H3,(H3,51,54,56,57)(H3,52,53,55,58). The van der Waals surface area contributed by atoms with Crippen LogP contribution in [0, 0.1) is 19.8 Å². The molecule has 3 unspecified atom stereocenters. The van der Waals surface area contributed by atoms with E-state index in [0.29, 0.717) is 42.0 Å². The van der Waals surface area contributed by atoms with Crippen LogP contribution in [0.5, 0.6) is 0 Å². The Kier molecular flexibility index (Phi) is 20.7. The highest BCUT2D eigenvalue weighted by atomic mass is 32.2. The summed E-state index contributed by atoms with van der Waals surface area (Å²) in [5.74, 6) is -0.986. The molecule has 1 saturated heterocycles. The van der Waals surface area contributed by atoms with Gasteiger partial charge in [-0.05, 0) is 134 Å². The van der Waals surface area contributed by atoms with E-state index in [1.807, 2.05) is 76.5 Å². The molecular weight excluding hydrogens is 853 g/mol. The normalized spacial score (nSPS) is 14.7. The molecule has 0 radical (unpaired) electrons. The van der Waals surface area contributed by atoms with Gasteiger partial charge in [0.15, 0.2) is 0 Å². The van der Waals surface area contributed by atoms with E-state index in [4.69, 9.17) is 20.9 Å². The van der Waals surface area contributed by atoms with E-state index in [-0.39, 0.29) is 43.7 Å². The van der Waals surface area contributed by atoms with Crippen LogP contribution >= 0.6 is 11.8 Å². The number of piperidine rings is 1. The lowest BCUT2D eigenvalue weighted by atomic mass is 9.81. The summed E-state index contributed by atoms with van der Waals surface area (Å²) in [7, 11) is 6.14. The van der Waals surface area contributed by atoms with Crippen molar-refractivity contribution in [2.45, 2.75) is 120 Å². The summed E-state index contributed by atoms with van der Waals surface area (Å²) in [5.41, 5.74) is 16.8. The molecule has 1 fully saturated rings. The summed E-state index contributed by atoms with van der Waals surface area (Å²) in [4.78, 5) is 53.5. The highest BCUT2D eigenvalue weighted by Gasteiger charge is 2.39. The average molecular weight is 927 g/mol. The Labute approximate surface area is 396 Å². The number of nitrogens with one attached hydrogen (secondary N) is 2. The zero-order valence-corrected chi connectivity index (χ0v) is 41.1. The number of likely N-dealkylation sites (tertiary alicyclic amines) is 1. The minimum atomic E-state index is -0.995. The van der Waals surface area contributed by atoms with Crippen LogP contribution in [0.3, 0.4) is 0 Å². The molecule has 4 aromatic rings. The number of hydrogen-bond donors (Lipinski definition) is 5. The van der Waals surface area contributed by atoms with Crippen LogP contribution in [0.2, 0.25) is 0 Å². The van der Waals surface area contributed by atoms with E-state index in [9.17, 15) is 14.7 Å². The SMILES string of the molecule is CCCCNc1nc(N)nc(C)c1Sc1ccc(C(C(=O)OCC2CCN(C)CC2)C(C(=O)OCCCCN(C)C)c2ccc(Cc3c(C)nc(N)nc3NC(CCC)CCO)cc2)cc1. The fourth-order valence-corrected chi connectivity index (χ4v) is 9.21. The third kappa shape index (κ3) is 15.5. The number of nitrogens with two attached hydrogens (primary N) is 2. The third-order valence-corrected chi connectivity index (χ3v) is 13.3. The van der Waals surface area contributed by atoms with E-state index in [1.165, 1.54) is 11.8 Å². The molecule has 0 bridgehead atoms. The molecule has 1 aliphatic rings. The van der Waals surface area contributed by atoms with E-state index in [2.05, 4.69) is 61.3 Å². The highest BCUT2D eigenvalue weighted by Crippen LogP contribution is 2.40. The van der Waals surface area contributed by atoms with Crippen LogP contribution in [-0.4, -0.2) is 120 Å². The van der Waals surface area contributed by atoms with Crippen molar-refractivity contribution in [1.29, 1.82) is 0 Å². The number of ether oxygens (including phenoxy) is 2. The number of anilines is 4. The largest absolute Gasteiger partial charge is 0.465 e. The quantitative estimate of drug-likeness (QED) is 0.0304. The summed E-state index contributed by atoms with van der Waals surface area (Å²) >= 11 is 1.52. The van der Waals surface area contributed by atoms with Crippen molar-refractivity contribution in [3.63, 3.8) is 0 Å². The molecule has 0 amide bonds. The predicted molar refractivity (Wildman–Crippen MR) is 265 cm³/mol. The lowest BCUT2D eigenvalue weighted by Gasteiger charge is -2.30. The number of aryl methyl sites for hydroxylation is 2. The Hall–Kier alpha value is -5.03. The summed E-state index contributed by atoms with van der Waals surface area (Å²) in [5, 5.41) is 16.7. The zero-order valence-electron chi connectivity index (χ0n) is 40.3. The Bertz CT molecular complexity index is 2130. The smallest absolute Gasteiger partial charge is 0.314 e. The fraction of sp³-hybridized carbons (Fsp3) is 0.560. The Balaban J connectivity index is 1.51. The number of carbonyl (C=O) groups excluding carboxylic acids is 2.